The summed E-state index contributed by atoms with van der Waals surface area (Å²) in [4.78, 5) is 16.6. The predicted octanol–water partition coefficient (Wildman–Crippen LogP) is 5.42. The number of pyridine rings is 1. The van der Waals surface area contributed by atoms with E-state index in [2.05, 4.69) is 37.5 Å². The van der Waals surface area contributed by atoms with E-state index in [-0.39, 0.29) is 23.0 Å². The van der Waals surface area contributed by atoms with Gasteiger partial charge >= 0.3 is 0 Å². The van der Waals surface area contributed by atoms with Crippen molar-refractivity contribution in [3.8, 4) is 5.88 Å². The van der Waals surface area contributed by atoms with Gasteiger partial charge in [-0.05, 0) is 66.8 Å². The first-order valence-electron chi connectivity index (χ1n) is 12.7. The number of benzene rings is 1. The van der Waals surface area contributed by atoms with Gasteiger partial charge in [-0.25, -0.2) is 4.98 Å². The standard InChI is InChI=1S/C28H37Cl2N3O3/c1-17(34)33-23(12-18-6-7-21(29)22(30)11-18)25(35)16-31-24-14-28(8-5-9-28)36-26-20(24)10-19(15-32-26)13-27(2,3)4/h6-7,10-11,15,23-25,31,35H,5,8-9,12-14,16H2,1-4H3,(H,33,34)/t23-,24-,25-/m0/s1. The highest BCUT2D eigenvalue weighted by Crippen LogP contribution is 2.48. The lowest BCUT2D eigenvalue weighted by molar-refractivity contribution is -0.120. The zero-order chi connectivity index (χ0) is 26.1. The van der Waals surface area contributed by atoms with Crippen LogP contribution in [0.2, 0.25) is 10.0 Å². The Kier molecular flexibility index (Phi) is 8.20. The highest BCUT2D eigenvalue weighted by atomic mass is 35.5. The maximum atomic E-state index is 11.9. The summed E-state index contributed by atoms with van der Waals surface area (Å²) in [5.74, 6) is 0.500. The van der Waals surface area contributed by atoms with Crippen LogP contribution in [0.3, 0.4) is 0 Å². The highest BCUT2D eigenvalue weighted by Gasteiger charge is 2.46. The van der Waals surface area contributed by atoms with Gasteiger partial charge in [-0.2, -0.15) is 0 Å². The number of hydrogen-bond donors (Lipinski definition) is 3. The molecule has 1 aromatic heterocycles. The average molecular weight is 535 g/mol. The fraction of sp³-hybridized carbons (Fsp3) is 0.571. The largest absolute Gasteiger partial charge is 0.471 e. The summed E-state index contributed by atoms with van der Waals surface area (Å²) in [5.41, 5.74) is 3.09. The van der Waals surface area contributed by atoms with Gasteiger partial charge in [0.15, 0.2) is 0 Å². The van der Waals surface area contributed by atoms with E-state index in [0.29, 0.717) is 28.9 Å². The zero-order valence-electron chi connectivity index (χ0n) is 21.5. The second-order valence-corrected chi connectivity index (χ2v) is 12.4. The molecule has 1 spiro atoms. The van der Waals surface area contributed by atoms with Gasteiger partial charge in [0, 0.05) is 37.7 Å². The van der Waals surface area contributed by atoms with E-state index in [1.807, 2.05) is 12.3 Å². The number of rotatable bonds is 8. The molecule has 6 nitrogen and oxygen atoms in total. The van der Waals surface area contributed by atoms with E-state index >= 15 is 0 Å². The maximum absolute atomic E-state index is 11.9. The summed E-state index contributed by atoms with van der Waals surface area (Å²) in [7, 11) is 0. The Balaban J connectivity index is 1.50. The average Bonchev–Trinajstić information content (AvgIpc) is 2.76. The summed E-state index contributed by atoms with van der Waals surface area (Å²) < 4.78 is 6.38. The van der Waals surface area contributed by atoms with Gasteiger partial charge in [0.1, 0.15) is 5.60 Å². The van der Waals surface area contributed by atoms with Crippen molar-refractivity contribution in [2.45, 2.75) is 90.0 Å². The second-order valence-electron chi connectivity index (χ2n) is 11.6. The molecule has 0 radical (unpaired) electrons. The predicted molar refractivity (Wildman–Crippen MR) is 144 cm³/mol. The van der Waals surface area contributed by atoms with Gasteiger partial charge in [0.05, 0.1) is 22.2 Å². The molecule has 0 unspecified atom stereocenters. The number of aliphatic hydroxyl groups is 1. The fourth-order valence-corrected chi connectivity index (χ4v) is 5.54. The molecule has 1 aromatic carbocycles. The minimum absolute atomic E-state index is 0.0130. The lowest BCUT2D eigenvalue weighted by Gasteiger charge is -2.47. The molecule has 1 saturated carbocycles. The molecule has 196 valence electrons. The van der Waals surface area contributed by atoms with Crippen LogP contribution in [0.25, 0.3) is 0 Å². The van der Waals surface area contributed by atoms with Crippen LogP contribution in [0, 0.1) is 5.41 Å². The topological polar surface area (TPSA) is 83.5 Å². The Hall–Kier alpha value is -1.86. The summed E-state index contributed by atoms with van der Waals surface area (Å²) in [5, 5.41) is 18.6. The molecule has 8 heteroatoms. The van der Waals surface area contributed by atoms with Crippen LogP contribution in [0.1, 0.15) is 76.1 Å². The number of amides is 1. The number of nitrogens with one attached hydrogen (secondary N) is 2. The number of nitrogens with zero attached hydrogens (tertiary/aromatic N) is 1. The third kappa shape index (κ3) is 6.71. The molecule has 0 bridgehead atoms. The van der Waals surface area contributed by atoms with Gasteiger partial charge in [-0.1, -0.05) is 50.0 Å². The van der Waals surface area contributed by atoms with E-state index in [1.165, 1.54) is 12.5 Å². The summed E-state index contributed by atoms with van der Waals surface area (Å²) in [6.07, 6.45) is 6.50. The number of ether oxygens (including phenoxy) is 1. The normalized spacial score (nSPS) is 20.1. The van der Waals surface area contributed by atoms with Crippen molar-refractivity contribution in [3.63, 3.8) is 0 Å². The van der Waals surface area contributed by atoms with Gasteiger partial charge in [0.25, 0.3) is 0 Å². The summed E-state index contributed by atoms with van der Waals surface area (Å²) in [6, 6.07) is 7.10. The van der Waals surface area contributed by atoms with Gasteiger partial charge in [-0.15, -0.1) is 0 Å². The van der Waals surface area contributed by atoms with Gasteiger partial charge < -0.3 is 20.5 Å². The Morgan fingerprint density at radius 1 is 1.22 bits per heavy atom. The number of carbonyl (C=O) groups excluding carboxylic acids is 1. The van der Waals surface area contributed by atoms with Crippen LogP contribution in [-0.2, 0) is 17.6 Å². The number of hydrogen-bond acceptors (Lipinski definition) is 5. The quantitative estimate of drug-likeness (QED) is 0.421. The molecule has 3 atom stereocenters. The maximum Gasteiger partial charge on any atom is 0.218 e. The first-order chi connectivity index (χ1) is 16.9. The van der Waals surface area contributed by atoms with Crippen molar-refractivity contribution < 1.29 is 14.6 Å². The summed E-state index contributed by atoms with van der Waals surface area (Å²) in [6.45, 7) is 8.42. The lowest BCUT2D eigenvalue weighted by atomic mass is 9.73. The minimum atomic E-state index is -0.808. The molecular formula is C28H37Cl2N3O3. The molecule has 1 fully saturated rings. The monoisotopic (exact) mass is 533 g/mol. The molecule has 1 aliphatic carbocycles. The molecule has 2 aliphatic rings. The van der Waals surface area contributed by atoms with Crippen LogP contribution in [0.4, 0.5) is 0 Å². The van der Waals surface area contributed by atoms with Gasteiger partial charge in [0.2, 0.25) is 11.8 Å². The number of aliphatic hydroxyl groups excluding tert-OH is 1. The van der Waals surface area contributed by atoms with Crippen molar-refractivity contribution in [1.29, 1.82) is 0 Å². The molecular weight excluding hydrogens is 497 g/mol. The molecule has 1 aliphatic heterocycles. The third-order valence-corrected chi connectivity index (χ3v) is 7.80. The van der Waals surface area contributed by atoms with Crippen LogP contribution in [0.5, 0.6) is 5.88 Å². The van der Waals surface area contributed by atoms with Crippen LogP contribution >= 0.6 is 23.2 Å². The second kappa shape index (κ2) is 10.9. The smallest absolute Gasteiger partial charge is 0.218 e. The molecule has 36 heavy (non-hydrogen) atoms. The Morgan fingerprint density at radius 3 is 2.58 bits per heavy atom. The molecule has 2 heterocycles. The summed E-state index contributed by atoms with van der Waals surface area (Å²) >= 11 is 12.2. The first kappa shape index (κ1) is 27.2. The van der Waals surface area contributed by atoms with E-state index in [1.54, 1.807) is 12.1 Å². The van der Waals surface area contributed by atoms with Crippen molar-refractivity contribution in [2.24, 2.45) is 5.41 Å². The van der Waals surface area contributed by atoms with E-state index in [0.717, 1.165) is 43.2 Å². The van der Waals surface area contributed by atoms with E-state index in [9.17, 15) is 9.90 Å². The van der Waals surface area contributed by atoms with Gasteiger partial charge in [-0.3, -0.25) is 4.79 Å². The van der Waals surface area contributed by atoms with Crippen molar-refractivity contribution in [1.82, 2.24) is 15.6 Å². The van der Waals surface area contributed by atoms with Crippen LogP contribution < -0.4 is 15.4 Å². The number of halogens is 2. The van der Waals surface area contributed by atoms with Crippen molar-refractivity contribution in [3.05, 3.63) is 57.2 Å². The molecule has 3 N–H and O–H groups in total. The Bertz CT molecular complexity index is 1100. The molecule has 4 rings (SSSR count). The molecule has 2 aromatic rings. The van der Waals surface area contributed by atoms with Crippen molar-refractivity contribution >= 4 is 29.1 Å². The van der Waals surface area contributed by atoms with E-state index < -0.39 is 12.1 Å². The Labute approximate surface area is 224 Å². The first-order valence-corrected chi connectivity index (χ1v) is 13.5. The third-order valence-electron chi connectivity index (χ3n) is 7.07. The zero-order valence-corrected chi connectivity index (χ0v) is 23.0. The Morgan fingerprint density at radius 2 is 1.97 bits per heavy atom. The minimum Gasteiger partial charge on any atom is -0.471 e. The SMILES string of the molecule is CC(=O)N[C@@H](Cc1ccc(Cl)c(Cl)c1)[C@@H](O)CN[C@H]1CC2(CCC2)Oc2ncc(CC(C)(C)C)cc21. The van der Waals surface area contributed by atoms with Crippen LogP contribution in [-0.4, -0.2) is 40.3 Å². The lowest BCUT2D eigenvalue weighted by Crippen LogP contribution is -2.52. The molecule has 0 saturated heterocycles. The number of carbonyl (C=O) groups is 1. The van der Waals surface area contributed by atoms with Crippen LogP contribution in [0.15, 0.2) is 30.5 Å². The van der Waals surface area contributed by atoms with Crippen molar-refractivity contribution in [2.75, 3.05) is 6.54 Å². The molecule has 1 amide bonds. The fourth-order valence-electron chi connectivity index (χ4n) is 5.22. The highest BCUT2D eigenvalue weighted by molar-refractivity contribution is 6.42. The number of fused-ring (bicyclic) bond motifs is 1. The van der Waals surface area contributed by atoms with E-state index in [4.69, 9.17) is 32.9 Å². The number of aromatic nitrogens is 1.